The largest absolute Gasteiger partial charge is 0.493 e. The molecule has 5 nitrogen and oxygen atoms in total. The first-order valence-corrected chi connectivity index (χ1v) is 7.14. The molecule has 1 heterocycles. The molecule has 1 aromatic carbocycles. The lowest BCUT2D eigenvalue weighted by Crippen LogP contribution is -2.57. The number of hydrogen-bond acceptors (Lipinski definition) is 4. The number of nitrogens with zero attached hydrogens (tertiary/aromatic N) is 1. The van der Waals surface area contributed by atoms with E-state index in [1.807, 2.05) is 20.8 Å². The van der Waals surface area contributed by atoms with Crippen molar-refractivity contribution in [1.82, 2.24) is 4.90 Å². The molecule has 0 bridgehead atoms. The van der Waals surface area contributed by atoms with Gasteiger partial charge in [0, 0.05) is 11.1 Å². The van der Waals surface area contributed by atoms with Gasteiger partial charge in [0.1, 0.15) is 11.7 Å². The van der Waals surface area contributed by atoms with Crippen molar-refractivity contribution in [3.63, 3.8) is 0 Å². The number of likely N-dealkylation sites (tertiary alicyclic amines) is 1. The van der Waals surface area contributed by atoms with Gasteiger partial charge in [-0.05, 0) is 32.9 Å². The maximum absolute atomic E-state index is 11.8. The highest BCUT2D eigenvalue weighted by Crippen LogP contribution is 2.32. The third-order valence-electron chi connectivity index (χ3n) is 2.92. The molecule has 0 N–H and O–H groups in total. The van der Waals surface area contributed by atoms with Gasteiger partial charge in [0.25, 0.3) is 0 Å². The summed E-state index contributed by atoms with van der Waals surface area (Å²) in [6, 6.07) is 5.19. The third kappa shape index (κ3) is 4.17. The molecule has 2 rings (SSSR count). The monoisotopic (exact) mass is 313 g/mol. The molecular formula is C15H20ClNO4. The average Bonchev–Trinajstić information content (AvgIpc) is 2.31. The summed E-state index contributed by atoms with van der Waals surface area (Å²) in [5, 5.41) is 0.578. The van der Waals surface area contributed by atoms with Crippen LogP contribution in [-0.4, -0.2) is 42.9 Å². The summed E-state index contributed by atoms with van der Waals surface area (Å²) in [5.74, 6) is 1.20. The first-order chi connectivity index (χ1) is 9.78. The molecule has 1 aromatic rings. The molecule has 1 saturated heterocycles. The van der Waals surface area contributed by atoms with E-state index in [0.29, 0.717) is 29.6 Å². The lowest BCUT2D eigenvalue weighted by Gasteiger charge is -2.39. The Kier molecular flexibility index (Phi) is 4.52. The minimum absolute atomic E-state index is 0.0788. The highest BCUT2D eigenvalue weighted by atomic mass is 35.5. The number of carbonyl (C=O) groups excluding carboxylic acids is 1. The predicted octanol–water partition coefficient (Wildman–Crippen LogP) is 3.35. The van der Waals surface area contributed by atoms with Crippen LogP contribution in [0.2, 0.25) is 5.02 Å². The lowest BCUT2D eigenvalue weighted by atomic mass is 10.1. The number of amides is 1. The van der Waals surface area contributed by atoms with Gasteiger partial charge in [-0.25, -0.2) is 4.79 Å². The molecule has 1 aliphatic heterocycles. The van der Waals surface area contributed by atoms with Gasteiger partial charge in [0.05, 0.1) is 20.2 Å². The second-order valence-corrected chi connectivity index (χ2v) is 6.36. The van der Waals surface area contributed by atoms with Crippen LogP contribution in [0.4, 0.5) is 4.79 Å². The van der Waals surface area contributed by atoms with E-state index in [1.165, 1.54) is 0 Å². The highest BCUT2D eigenvalue weighted by Gasteiger charge is 2.35. The first-order valence-electron chi connectivity index (χ1n) is 6.76. The van der Waals surface area contributed by atoms with Crippen molar-refractivity contribution in [2.45, 2.75) is 32.5 Å². The van der Waals surface area contributed by atoms with E-state index in [0.717, 1.165) is 0 Å². The van der Waals surface area contributed by atoms with E-state index in [2.05, 4.69) is 0 Å². The molecule has 1 aliphatic rings. The maximum Gasteiger partial charge on any atom is 0.410 e. The zero-order valence-corrected chi connectivity index (χ0v) is 13.4. The first kappa shape index (κ1) is 15.8. The van der Waals surface area contributed by atoms with Crippen LogP contribution in [0, 0.1) is 0 Å². The van der Waals surface area contributed by atoms with Gasteiger partial charge in [-0.15, -0.1) is 0 Å². The van der Waals surface area contributed by atoms with E-state index in [-0.39, 0.29) is 12.2 Å². The summed E-state index contributed by atoms with van der Waals surface area (Å²) in [4.78, 5) is 13.4. The summed E-state index contributed by atoms with van der Waals surface area (Å²) >= 11 is 5.95. The van der Waals surface area contributed by atoms with Crippen LogP contribution in [0.15, 0.2) is 18.2 Å². The van der Waals surface area contributed by atoms with Gasteiger partial charge >= 0.3 is 6.09 Å². The van der Waals surface area contributed by atoms with E-state index < -0.39 is 5.60 Å². The van der Waals surface area contributed by atoms with Crippen LogP contribution < -0.4 is 9.47 Å². The molecule has 6 heteroatoms. The predicted molar refractivity (Wildman–Crippen MR) is 80.2 cm³/mol. The Labute approximate surface area is 129 Å². The second-order valence-electron chi connectivity index (χ2n) is 5.92. The van der Waals surface area contributed by atoms with Crippen LogP contribution in [0.1, 0.15) is 20.8 Å². The molecule has 0 saturated carbocycles. The lowest BCUT2D eigenvalue weighted by molar-refractivity contribution is -0.0226. The Balaban J connectivity index is 1.88. The van der Waals surface area contributed by atoms with Crippen LogP contribution in [0.3, 0.4) is 0 Å². The molecule has 21 heavy (non-hydrogen) atoms. The number of halogens is 1. The molecule has 0 aromatic heterocycles. The maximum atomic E-state index is 11.8. The standard InChI is InChI=1S/C15H20ClNO4/c1-15(2,3)21-14(18)17-8-11(9-17)20-13-7-10(16)5-6-12(13)19-4/h5-7,11H,8-9H2,1-4H3. The van der Waals surface area contributed by atoms with Crippen molar-refractivity contribution in [2.75, 3.05) is 20.2 Å². The van der Waals surface area contributed by atoms with Gasteiger partial charge in [-0.2, -0.15) is 0 Å². The second kappa shape index (κ2) is 6.02. The Bertz CT molecular complexity index is 521. The summed E-state index contributed by atoms with van der Waals surface area (Å²) in [7, 11) is 1.57. The van der Waals surface area contributed by atoms with Gasteiger partial charge in [0.15, 0.2) is 11.5 Å². The molecule has 0 spiro atoms. The van der Waals surface area contributed by atoms with E-state index >= 15 is 0 Å². The van der Waals surface area contributed by atoms with E-state index in [9.17, 15) is 4.79 Å². The molecular weight excluding hydrogens is 294 g/mol. The van der Waals surface area contributed by atoms with Gasteiger partial charge in [-0.3, -0.25) is 0 Å². The van der Waals surface area contributed by atoms with E-state index in [1.54, 1.807) is 30.2 Å². The van der Waals surface area contributed by atoms with Crippen molar-refractivity contribution >= 4 is 17.7 Å². The number of rotatable bonds is 3. The number of hydrogen-bond donors (Lipinski definition) is 0. The average molecular weight is 314 g/mol. The SMILES string of the molecule is COc1ccc(Cl)cc1OC1CN(C(=O)OC(C)(C)C)C1. The molecule has 0 aliphatic carbocycles. The molecule has 0 atom stereocenters. The molecule has 116 valence electrons. The summed E-state index contributed by atoms with van der Waals surface area (Å²) in [6.07, 6.45) is -0.398. The van der Waals surface area contributed by atoms with Gasteiger partial charge in [0.2, 0.25) is 0 Å². The zero-order chi connectivity index (χ0) is 15.6. The minimum Gasteiger partial charge on any atom is -0.493 e. The minimum atomic E-state index is -0.487. The number of carbonyl (C=O) groups is 1. The van der Waals surface area contributed by atoms with Crippen molar-refractivity contribution in [1.29, 1.82) is 0 Å². The molecule has 0 radical (unpaired) electrons. The summed E-state index contributed by atoms with van der Waals surface area (Å²) < 4.78 is 16.3. The fourth-order valence-electron chi connectivity index (χ4n) is 1.91. The van der Waals surface area contributed by atoms with Crippen molar-refractivity contribution in [2.24, 2.45) is 0 Å². The van der Waals surface area contributed by atoms with Crippen LogP contribution >= 0.6 is 11.6 Å². The fourth-order valence-corrected chi connectivity index (χ4v) is 2.07. The summed E-state index contributed by atoms with van der Waals surface area (Å²) in [5.41, 5.74) is -0.487. The normalized spacial score (nSPS) is 15.4. The third-order valence-corrected chi connectivity index (χ3v) is 3.15. The Hall–Kier alpha value is -1.62. The Morgan fingerprint density at radius 2 is 1.95 bits per heavy atom. The zero-order valence-electron chi connectivity index (χ0n) is 12.7. The fraction of sp³-hybridized carbons (Fsp3) is 0.533. The number of ether oxygens (including phenoxy) is 3. The molecule has 1 fully saturated rings. The molecule has 0 unspecified atom stereocenters. The Morgan fingerprint density at radius 1 is 1.29 bits per heavy atom. The molecule has 1 amide bonds. The van der Waals surface area contributed by atoms with Gasteiger partial charge in [-0.1, -0.05) is 11.6 Å². The smallest absolute Gasteiger partial charge is 0.410 e. The topological polar surface area (TPSA) is 48.0 Å². The quantitative estimate of drug-likeness (QED) is 0.858. The number of methoxy groups -OCH3 is 1. The highest BCUT2D eigenvalue weighted by molar-refractivity contribution is 6.30. The Morgan fingerprint density at radius 3 is 2.52 bits per heavy atom. The number of benzene rings is 1. The van der Waals surface area contributed by atoms with Crippen molar-refractivity contribution in [3.05, 3.63) is 23.2 Å². The van der Waals surface area contributed by atoms with E-state index in [4.69, 9.17) is 25.8 Å². The van der Waals surface area contributed by atoms with Crippen LogP contribution in [0.5, 0.6) is 11.5 Å². The van der Waals surface area contributed by atoms with Crippen LogP contribution in [0.25, 0.3) is 0 Å². The van der Waals surface area contributed by atoms with Crippen LogP contribution in [-0.2, 0) is 4.74 Å². The summed E-state index contributed by atoms with van der Waals surface area (Å²) in [6.45, 7) is 6.51. The van der Waals surface area contributed by atoms with Crippen molar-refractivity contribution in [3.8, 4) is 11.5 Å². The van der Waals surface area contributed by atoms with Crippen molar-refractivity contribution < 1.29 is 19.0 Å². The van der Waals surface area contributed by atoms with Gasteiger partial charge < -0.3 is 19.1 Å².